The van der Waals surface area contributed by atoms with E-state index in [-0.39, 0.29) is 30.2 Å². The van der Waals surface area contributed by atoms with Crippen molar-refractivity contribution in [2.24, 2.45) is 0 Å². The van der Waals surface area contributed by atoms with E-state index in [0.29, 0.717) is 19.4 Å². The highest BCUT2D eigenvalue weighted by molar-refractivity contribution is 5.91. The molecule has 0 aromatic rings. The monoisotopic (exact) mass is 268 g/mol. The van der Waals surface area contributed by atoms with Crippen LogP contribution in [0.4, 0.5) is 0 Å². The van der Waals surface area contributed by atoms with E-state index in [2.05, 4.69) is 10.1 Å². The minimum Gasteiger partial charge on any atom is -0.469 e. The number of amides is 2. The van der Waals surface area contributed by atoms with Crippen LogP contribution in [0.5, 0.6) is 0 Å². The van der Waals surface area contributed by atoms with Crippen molar-refractivity contribution < 1.29 is 19.1 Å². The van der Waals surface area contributed by atoms with Gasteiger partial charge in [0, 0.05) is 19.0 Å². The first-order chi connectivity index (χ1) is 9.11. The van der Waals surface area contributed by atoms with Crippen molar-refractivity contribution in [2.75, 3.05) is 13.7 Å². The molecule has 1 N–H and O–H groups in total. The van der Waals surface area contributed by atoms with E-state index in [4.69, 9.17) is 0 Å². The van der Waals surface area contributed by atoms with Crippen LogP contribution < -0.4 is 5.32 Å². The van der Waals surface area contributed by atoms with Crippen molar-refractivity contribution in [3.8, 4) is 0 Å². The zero-order chi connectivity index (χ0) is 13.8. The Morgan fingerprint density at radius 3 is 2.79 bits per heavy atom. The van der Waals surface area contributed by atoms with Crippen LogP contribution in [0.3, 0.4) is 0 Å². The normalized spacial score (nSPS) is 27.0. The number of carbonyl (C=O) groups excluding carboxylic acids is 3. The maximum atomic E-state index is 12.4. The van der Waals surface area contributed by atoms with Crippen LogP contribution in [-0.4, -0.2) is 48.4 Å². The molecule has 19 heavy (non-hydrogen) atoms. The van der Waals surface area contributed by atoms with Crippen molar-refractivity contribution >= 4 is 17.8 Å². The minimum atomic E-state index is -0.411. The molecule has 2 atom stereocenters. The Labute approximate surface area is 112 Å². The molecule has 2 saturated heterocycles. The molecule has 6 heteroatoms. The van der Waals surface area contributed by atoms with Gasteiger partial charge in [-0.15, -0.1) is 0 Å². The zero-order valence-electron chi connectivity index (χ0n) is 11.2. The van der Waals surface area contributed by atoms with E-state index in [1.807, 2.05) is 0 Å². The number of ether oxygens (including phenoxy) is 1. The van der Waals surface area contributed by atoms with Crippen molar-refractivity contribution in [1.29, 1.82) is 0 Å². The zero-order valence-corrected chi connectivity index (χ0v) is 11.2. The van der Waals surface area contributed by atoms with E-state index in [0.717, 1.165) is 19.3 Å². The lowest BCUT2D eigenvalue weighted by Crippen LogP contribution is -2.51. The summed E-state index contributed by atoms with van der Waals surface area (Å²) in [6.45, 7) is 0.660. The molecule has 0 bridgehead atoms. The van der Waals surface area contributed by atoms with Gasteiger partial charge in [-0.1, -0.05) is 0 Å². The largest absolute Gasteiger partial charge is 0.469 e. The molecule has 0 aromatic carbocycles. The fourth-order valence-electron chi connectivity index (χ4n) is 2.78. The second-order valence-electron chi connectivity index (χ2n) is 5.12. The van der Waals surface area contributed by atoms with Crippen LogP contribution in [0.25, 0.3) is 0 Å². The Bertz CT molecular complexity index is 383. The third-order valence-electron chi connectivity index (χ3n) is 3.83. The maximum Gasteiger partial charge on any atom is 0.307 e. The smallest absolute Gasteiger partial charge is 0.307 e. The average molecular weight is 268 g/mol. The van der Waals surface area contributed by atoms with Gasteiger partial charge in [-0.25, -0.2) is 0 Å². The van der Waals surface area contributed by atoms with Gasteiger partial charge in [-0.2, -0.15) is 0 Å². The third-order valence-corrected chi connectivity index (χ3v) is 3.83. The van der Waals surface area contributed by atoms with Crippen molar-refractivity contribution in [1.82, 2.24) is 10.2 Å². The van der Waals surface area contributed by atoms with Gasteiger partial charge in [0.1, 0.15) is 6.04 Å². The van der Waals surface area contributed by atoms with Crippen LogP contribution in [0.15, 0.2) is 0 Å². The summed E-state index contributed by atoms with van der Waals surface area (Å²) in [4.78, 5) is 36.7. The first-order valence-electron chi connectivity index (χ1n) is 6.78. The molecule has 2 rings (SSSR count). The number of rotatable bonds is 3. The van der Waals surface area contributed by atoms with Gasteiger partial charge in [-0.05, 0) is 25.7 Å². The SMILES string of the molecule is COC(=O)CC1CCCCN1C(=O)[C@@H]1CCC(=O)N1. The van der Waals surface area contributed by atoms with Crippen LogP contribution >= 0.6 is 0 Å². The molecule has 2 aliphatic heterocycles. The lowest BCUT2D eigenvalue weighted by molar-refractivity contribution is -0.145. The predicted molar refractivity (Wildman–Crippen MR) is 67.1 cm³/mol. The second kappa shape index (κ2) is 6.04. The van der Waals surface area contributed by atoms with Gasteiger partial charge >= 0.3 is 5.97 Å². The Kier molecular flexibility index (Phi) is 4.39. The first-order valence-corrected chi connectivity index (χ1v) is 6.78. The molecule has 0 saturated carbocycles. The van der Waals surface area contributed by atoms with Gasteiger partial charge in [0.2, 0.25) is 11.8 Å². The molecule has 0 aromatic heterocycles. The number of likely N-dealkylation sites (tertiary alicyclic amines) is 1. The van der Waals surface area contributed by atoms with Gasteiger partial charge < -0.3 is 15.0 Å². The van der Waals surface area contributed by atoms with E-state index in [1.165, 1.54) is 7.11 Å². The molecular weight excluding hydrogens is 248 g/mol. The van der Waals surface area contributed by atoms with Crippen LogP contribution in [0.1, 0.15) is 38.5 Å². The Morgan fingerprint density at radius 2 is 2.16 bits per heavy atom. The van der Waals surface area contributed by atoms with Crippen molar-refractivity contribution in [2.45, 2.75) is 50.6 Å². The number of nitrogens with zero attached hydrogens (tertiary/aromatic N) is 1. The van der Waals surface area contributed by atoms with Crippen molar-refractivity contribution in [3.63, 3.8) is 0 Å². The summed E-state index contributed by atoms with van der Waals surface area (Å²) >= 11 is 0. The van der Waals surface area contributed by atoms with E-state index >= 15 is 0 Å². The van der Waals surface area contributed by atoms with Crippen LogP contribution in [0.2, 0.25) is 0 Å². The maximum absolute atomic E-state index is 12.4. The molecule has 6 nitrogen and oxygen atoms in total. The molecule has 106 valence electrons. The van der Waals surface area contributed by atoms with Crippen LogP contribution in [-0.2, 0) is 19.1 Å². The highest BCUT2D eigenvalue weighted by atomic mass is 16.5. The van der Waals surface area contributed by atoms with Gasteiger partial charge in [0.25, 0.3) is 0 Å². The fourth-order valence-corrected chi connectivity index (χ4v) is 2.78. The van der Waals surface area contributed by atoms with Crippen molar-refractivity contribution in [3.05, 3.63) is 0 Å². The molecule has 0 radical (unpaired) electrons. The molecule has 2 heterocycles. The van der Waals surface area contributed by atoms with Gasteiger partial charge in [0.05, 0.1) is 13.5 Å². The molecule has 2 aliphatic rings. The molecular formula is C13H20N2O4. The number of methoxy groups -OCH3 is 1. The molecule has 1 unspecified atom stereocenters. The highest BCUT2D eigenvalue weighted by Gasteiger charge is 2.35. The predicted octanol–water partition coefficient (Wildman–Crippen LogP) is 0.209. The van der Waals surface area contributed by atoms with E-state index in [1.54, 1.807) is 4.90 Å². The number of esters is 1. The number of piperidine rings is 1. The molecule has 0 aliphatic carbocycles. The highest BCUT2D eigenvalue weighted by Crippen LogP contribution is 2.22. The summed E-state index contributed by atoms with van der Waals surface area (Å²) in [6, 6.07) is -0.503. The standard InChI is InChI=1S/C13H20N2O4/c1-19-12(17)8-9-4-2-3-7-15(9)13(18)10-5-6-11(16)14-10/h9-10H,2-8H2,1H3,(H,14,16)/t9?,10-/m0/s1. The lowest BCUT2D eigenvalue weighted by atomic mass is 9.98. The Balaban J connectivity index is 2.00. The minimum absolute atomic E-state index is 0.0561. The topological polar surface area (TPSA) is 75.7 Å². The Morgan fingerprint density at radius 1 is 1.37 bits per heavy atom. The molecule has 0 spiro atoms. The molecule has 2 fully saturated rings. The summed E-state index contributed by atoms with van der Waals surface area (Å²) in [6.07, 6.45) is 3.99. The third kappa shape index (κ3) is 3.24. The summed E-state index contributed by atoms with van der Waals surface area (Å²) in [5.41, 5.74) is 0. The number of hydrogen-bond donors (Lipinski definition) is 1. The first kappa shape index (κ1) is 13.8. The molecule has 2 amide bonds. The second-order valence-corrected chi connectivity index (χ2v) is 5.12. The summed E-state index contributed by atoms with van der Waals surface area (Å²) < 4.78 is 4.68. The number of carbonyl (C=O) groups is 3. The average Bonchev–Trinajstić information content (AvgIpc) is 2.85. The summed E-state index contributed by atoms with van der Waals surface area (Å²) in [5, 5.41) is 2.69. The number of nitrogens with one attached hydrogen (secondary N) is 1. The summed E-state index contributed by atoms with van der Waals surface area (Å²) in [7, 11) is 1.36. The fraction of sp³-hybridized carbons (Fsp3) is 0.769. The Hall–Kier alpha value is -1.59. The number of hydrogen-bond acceptors (Lipinski definition) is 4. The quantitative estimate of drug-likeness (QED) is 0.742. The van der Waals surface area contributed by atoms with Crippen LogP contribution in [0, 0.1) is 0 Å². The van der Waals surface area contributed by atoms with Gasteiger partial charge in [-0.3, -0.25) is 14.4 Å². The lowest BCUT2D eigenvalue weighted by Gasteiger charge is -2.36. The van der Waals surface area contributed by atoms with Gasteiger partial charge in [0.15, 0.2) is 0 Å². The summed E-state index contributed by atoms with van der Waals surface area (Å²) in [5.74, 6) is -0.417. The van der Waals surface area contributed by atoms with E-state index < -0.39 is 6.04 Å². The van der Waals surface area contributed by atoms with E-state index in [9.17, 15) is 14.4 Å².